The summed E-state index contributed by atoms with van der Waals surface area (Å²) in [5.74, 6) is 0.751. The summed E-state index contributed by atoms with van der Waals surface area (Å²) in [6.07, 6.45) is 0.746. The SMILES string of the molecule is CC1CC(C2CNCCN2C)C(=O)c2ccc(Cl)cc2O1.Cl. The maximum Gasteiger partial charge on any atom is 0.171 e. The monoisotopic (exact) mass is 344 g/mol. The number of carbonyl (C=O) groups excluding carboxylic acids is 1. The first-order valence-corrected chi connectivity index (χ1v) is 7.85. The minimum Gasteiger partial charge on any atom is -0.490 e. The number of likely N-dealkylation sites (N-methyl/N-ethyl adjacent to an activating group) is 1. The Bertz CT molecular complexity index is 553. The van der Waals surface area contributed by atoms with Gasteiger partial charge in [-0.05, 0) is 38.6 Å². The molecule has 122 valence electrons. The van der Waals surface area contributed by atoms with Gasteiger partial charge in [-0.2, -0.15) is 0 Å². The number of rotatable bonds is 1. The van der Waals surface area contributed by atoms with Crippen LogP contribution in [0.25, 0.3) is 0 Å². The third kappa shape index (κ3) is 3.40. The molecule has 3 atom stereocenters. The number of piperazine rings is 1. The lowest BCUT2D eigenvalue weighted by Crippen LogP contribution is -2.54. The summed E-state index contributed by atoms with van der Waals surface area (Å²) in [5, 5.41) is 4.00. The van der Waals surface area contributed by atoms with E-state index >= 15 is 0 Å². The summed E-state index contributed by atoms with van der Waals surface area (Å²) in [5.41, 5.74) is 0.660. The van der Waals surface area contributed by atoms with E-state index in [2.05, 4.69) is 17.3 Å². The van der Waals surface area contributed by atoms with Crippen LogP contribution in [0.15, 0.2) is 18.2 Å². The van der Waals surface area contributed by atoms with E-state index in [0.717, 1.165) is 26.1 Å². The Morgan fingerprint density at radius 1 is 1.41 bits per heavy atom. The molecule has 6 heteroatoms. The van der Waals surface area contributed by atoms with E-state index in [1.807, 2.05) is 6.92 Å². The Morgan fingerprint density at radius 2 is 2.18 bits per heavy atom. The Balaban J connectivity index is 0.00000176. The second-order valence-corrected chi connectivity index (χ2v) is 6.46. The summed E-state index contributed by atoms with van der Waals surface area (Å²) < 4.78 is 5.92. The van der Waals surface area contributed by atoms with Crippen LogP contribution in [0.5, 0.6) is 5.75 Å². The predicted molar refractivity (Wildman–Crippen MR) is 90.5 cm³/mol. The second kappa shape index (κ2) is 7.18. The maximum atomic E-state index is 13.0. The number of carbonyl (C=O) groups is 1. The van der Waals surface area contributed by atoms with Crippen molar-refractivity contribution < 1.29 is 9.53 Å². The first kappa shape index (κ1) is 17.5. The number of nitrogens with one attached hydrogen (secondary N) is 1. The molecular weight excluding hydrogens is 323 g/mol. The van der Waals surface area contributed by atoms with Gasteiger partial charge in [0.1, 0.15) is 5.75 Å². The van der Waals surface area contributed by atoms with Gasteiger partial charge in [0.15, 0.2) is 5.78 Å². The Kier molecular flexibility index (Phi) is 5.72. The molecule has 1 saturated heterocycles. The van der Waals surface area contributed by atoms with Crippen LogP contribution in [0.2, 0.25) is 5.02 Å². The van der Waals surface area contributed by atoms with Crippen LogP contribution >= 0.6 is 24.0 Å². The highest BCUT2D eigenvalue weighted by atomic mass is 35.5. The Morgan fingerprint density at radius 3 is 2.91 bits per heavy atom. The number of hydrogen-bond donors (Lipinski definition) is 1. The highest BCUT2D eigenvalue weighted by molar-refractivity contribution is 6.30. The molecule has 4 nitrogen and oxygen atoms in total. The van der Waals surface area contributed by atoms with Crippen LogP contribution in [0.3, 0.4) is 0 Å². The molecule has 1 fully saturated rings. The van der Waals surface area contributed by atoms with Gasteiger partial charge in [-0.1, -0.05) is 11.6 Å². The average Bonchev–Trinajstić information content (AvgIpc) is 2.56. The zero-order valence-corrected chi connectivity index (χ0v) is 14.4. The number of hydrogen-bond acceptors (Lipinski definition) is 4. The van der Waals surface area contributed by atoms with Crippen molar-refractivity contribution in [1.29, 1.82) is 0 Å². The van der Waals surface area contributed by atoms with E-state index in [0.29, 0.717) is 16.3 Å². The van der Waals surface area contributed by atoms with Crippen molar-refractivity contribution in [3.05, 3.63) is 28.8 Å². The molecule has 22 heavy (non-hydrogen) atoms. The smallest absolute Gasteiger partial charge is 0.171 e. The summed E-state index contributed by atoms with van der Waals surface area (Å²) in [6.45, 7) is 4.82. The molecule has 2 aliphatic heterocycles. The van der Waals surface area contributed by atoms with Crippen molar-refractivity contribution in [1.82, 2.24) is 10.2 Å². The molecule has 0 radical (unpaired) electrons. The fraction of sp³-hybridized carbons (Fsp3) is 0.562. The van der Waals surface area contributed by atoms with E-state index in [1.54, 1.807) is 18.2 Å². The lowest BCUT2D eigenvalue weighted by Gasteiger charge is -2.37. The molecule has 1 N–H and O–H groups in total. The number of halogens is 2. The number of benzene rings is 1. The van der Waals surface area contributed by atoms with Crippen LogP contribution in [-0.2, 0) is 0 Å². The fourth-order valence-corrected chi connectivity index (χ4v) is 3.50. The lowest BCUT2D eigenvalue weighted by molar-refractivity contribution is 0.0711. The minimum atomic E-state index is -0.0415. The van der Waals surface area contributed by atoms with Gasteiger partial charge in [-0.15, -0.1) is 12.4 Å². The Hall–Kier alpha value is -0.810. The van der Waals surface area contributed by atoms with Crippen molar-refractivity contribution in [3.63, 3.8) is 0 Å². The van der Waals surface area contributed by atoms with Crippen molar-refractivity contribution >= 4 is 29.8 Å². The van der Waals surface area contributed by atoms with Crippen molar-refractivity contribution in [2.45, 2.75) is 25.5 Å². The van der Waals surface area contributed by atoms with Crippen LogP contribution in [0, 0.1) is 5.92 Å². The van der Waals surface area contributed by atoms with Crippen LogP contribution in [0.1, 0.15) is 23.7 Å². The lowest BCUT2D eigenvalue weighted by atomic mass is 9.85. The van der Waals surface area contributed by atoms with E-state index in [1.165, 1.54) is 0 Å². The minimum absolute atomic E-state index is 0. The molecule has 0 saturated carbocycles. The quantitative estimate of drug-likeness (QED) is 0.850. The van der Waals surface area contributed by atoms with E-state index < -0.39 is 0 Å². The van der Waals surface area contributed by atoms with Gasteiger partial charge in [0.05, 0.1) is 11.7 Å². The molecule has 3 rings (SSSR count). The molecule has 3 unspecified atom stereocenters. The zero-order chi connectivity index (χ0) is 15.0. The van der Waals surface area contributed by atoms with Crippen LogP contribution in [-0.4, -0.2) is 49.5 Å². The van der Waals surface area contributed by atoms with Gasteiger partial charge in [0, 0.05) is 36.6 Å². The van der Waals surface area contributed by atoms with Crippen LogP contribution < -0.4 is 10.1 Å². The molecule has 0 spiro atoms. The first-order chi connectivity index (χ1) is 10.1. The predicted octanol–water partition coefficient (Wildman–Crippen LogP) is 2.64. The summed E-state index contributed by atoms with van der Waals surface area (Å²) >= 11 is 6.02. The highest BCUT2D eigenvalue weighted by Crippen LogP contribution is 2.34. The molecular formula is C16H22Cl2N2O2. The molecule has 0 amide bonds. The van der Waals surface area contributed by atoms with Crippen molar-refractivity contribution in [2.24, 2.45) is 5.92 Å². The average molecular weight is 345 g/mol. The number of fused-ring (bicyclic) bond motifs is 1. The molecule has 0 bridgehead atoms. The van der Waals surface area contributed by atoms with Crippen molar-refractivity contribution in [3.8, 4) is 5.75 Å². The molecule has 1 aromatic carbocycles. The molecule has 2 heterocycles. The number of nitrogens with zero attached hydrogens (tertiary/aromatic N) is 1. The fourth-order valence-electron chi connectivity index (χ4n) is 3.33. The number of ether oxygens (including phenoxy) is 1. The van der Waals surface area contributed by atoms with Gasteiger partial charge in [-0.3, -0.25) is 4.79 Å². The van der Waals surface area contributed by atoms with E-state index in [4.69, 9.17) is 16.3 Å². The largest absolute Gasteiger partial charge is 0.490 e. The molecule has 0 aromatic heterocycles. The van der Waals surface area contributed by atoms with Crippen molar-refractivity contribution in [2.75, 3.05) is 26.7 Å². The second-order valence-electron chi connectivity index (χ2n) is 6.03. The Labute approximate surface area is 142 Å². The number of ketones is 1. The summed E-state index contributed by atoms with van der Waals surface area (Å²) in [6, 6.07) is 5.52. The topological polar surface area (TPSA) is 41.6 Å². The van der Waals surface area contributed by atoms with E-state index in [-0.39, 0.29) is 36.3 Å². The maximum absolute atomic E-state index is 13.0. The first-order valence-electron chi connectivity index (χ1n) is 7.47. The molecule has 1 aromatic rings. The molecule has 2 aliphatic rings. The summed E-state index contributed by atoms with van der Waals surface area (Å²) in [7, 11) is 2.10. The van der Waals surface area contributed by atoms with Gasteiger partial charge >= 0.3 is 0 Å². The van der Waals surface area contributed by atoms with Crippen LogP contribution in [0.4, 0.5) is 0 Å². The number of Topliss-reactive ketones (excluding diaryl/α,β-unsaturated/α-hetero) is 1. The van der Waals surface area contributed by atoms with Gasteiger partial charge in [0.2, 0.25) is 0 Å². The zero-order valence-electron chi connectivity index (χ0n) is 12.8. The third-order valence-corrected chi connectivity index (χ3v) is 4.72. The van der Waals surface area contributed by atoms with E-state index in [9.17, 15) is 4.79 Å². The highest BCUT2D eigenvalue weighted by Gasteiger charge is 2.37. The van der Waals surface area contributed by atoms with Gasteiger partial charge in [-0.25, -0.2) is 0 Å². The van der Waals surface area contributed by atoms with Gasteiger partial charge < -0.3 is 15.0 Å². The molecule has 0 aliphatic carbocycles. The standard InChI is InChI=1S/C16H21ClN2O2.ClH/c1-10-7-13(14-9-18-5-6-19(14)2)16(20)12-4-3-11(17)8-15(12)21-10;/h3-4,8,10,13-14,18H,5-7,9H2,1-2H3;1H. The summed E-state index contributed by atoms with van der Waals surface area (Å²) in [4.78, 5) is 15.2. The third-order valence-electron chi connectivity index (χ3n) is 4.49. The normalized spacial score (nSPS) is 29.0. The van der Waals surface area contributed by atoms with Gasteiger partial charge in [0.25, 0.3) is 0 Å².